The normalized spacial score (nSPS) is 13.5. The van der Waals surface area contributed by atoms with E-state index in [1.807, 2.05) is 20.8 Å². The zero-order chi connectivity index (χ0) is 24.6. The highest BCUT2D eigenvalue weighted by Crippen LogP contribution is 2.57. The lowest BCUT2D eigenvalue weighted by atomic mass is 9.70. The van der Waals surface area contributed by atoms with Crippen LogP contribution in [0.15, 0.2) is 36.4 Å². The summed E-state index contributed by atoms with van der Waals surface area (Å²) in [5.74, 6) is -0.456. The molecule has 32 heavy (non-hydrogen) atoms. The monoisotopic (exact) mass is 458 g/mol. The second-order valence-electron chi connectivity index (χ2n) is 9.32. The summed E-state index contributed by atoms with van der Waals surface area (Å²) in [6, 6.07) is 7.05. The topological polar surface area (TPSA) is 0 Å². The van der Waals surface area contributed by atoms with Crippen molar-refractivity contribution in [2.75, 3.05) is 0 Å². The van der Waals surface area contributed by atoms with Crippen molar-refractivity contribution in [2.24, 2.45) is 0 Å². The molecule has 0 bridgehead atoms. The van der Waals surface area contributed by atoms with Gasteiger partial charge in [-0.25, -0.2) is 0 Å². The molecule has 178 valence electrons. The minimum absolute atomic E-state index is 0.0241. The van der Waals surface area contributed by atoms with E-state index in [0.717, 1.165) is 35.4 Å². The van der Waals surface area contributed by atoms with Crippen LogP contribution >= 0.6 is 0 Å². The van der Waals surface area contributed by atoms with Crippen LogP contribution in [0.2, 0.25) is 0 Å². The first-order valence-electron chi connectivity index (χ1n) is 11.0. The summed E-state index contributed by atoms with van der Waals surface area (Å²) in [6.45, 7) is 12.7. The average molecular weight is 459 g/mol. The predicted octanol–water partition coefficient (Wildman–Crippen LogP) is 9.03. The summed E-state index contributed by atoms with van der Waals surface area (Å²) in [5.41, 5.74) is -3.17. The van der Waals surface area contributed by atoms with E-state index in [1.54, 1.807) is 27.7 Å². The number of hydrogen-bond acceptors (Lipinski definition) is 0. The smallest absolute Gasteiger partial charge is 0.169 e. The molecule has 0 aliphatic rings. The van der Waals surface area contributed by atoms with Gasteiger partial charge in [-0.3, -0.25) is 0 Å². The maximum atomic E-state index is 14.6. The summed E-state index contributed by atoms with van der Waals surface area (Å²) >= 11 is 0. The first kappa shape index (κ1) is 26.3. The fourth-order valence-corrected chi connectivity index (χ4v) is 4.50. The van der Waals surface area contributed by atoms with Gasteiger partial charge >= 0.3 is 12.4 Å². The first-order valence-corrected chi connectivity index (χ1v) is 11.0. The van der Waals surface area contributed by atoms with Gasteiger partial charge in [-0.15, -0.1) is 0 Å². The highest BCUT2D eigenvalue weighted by atomic mass is 19.4. The third-order valence-corrected chi connectivity index (χ3v) is 6.20. The Labute approximate surface area is 187 Å². The van der Waals surface area contributed by atoms with E-state index in [9.17, 15) is 26.3 Å². The molecule has 0 saturated heterocycles. The molecule has 2 rings (SSSR count). The van der Waals surface area contributed by atoms with E-state index in [2.05, 4.69) is 0 Å². The van der Waals surface area contributed by atoms with Crippen molar-refractivity contribution in [3.05, 3.63) is 69.8 Å². The van der Waals surface area contributed by atoms with Gasteiger partial charge in [0.25, 0.3) is 0 Å². The van der Waals surface area contributed by atoms with Gasteiger partial charge in [0.1, 0.15) is 0 Å². The zero-order valence-corrected chi connectivity index (χ0v) is 19.7. The Morgan fingerprint density at radius 1 is 0.594 bits per heavy atom. The summed E-state index contributed by atoms with van der Waals surface area (Å²) in [6.07, 6.45) is -10.6. The van der Waals surface area contributed by atoms with Crippen LogP contribution in [0.5, 0.6) is 0 Å². The van der Waals surface area contributed by atoms with Gasteiger partial charge in [0.2, 0.25) is 5.41 Å². The van der Waals surface area contributed by atoms with Crippen molar-refractivity contribution in [3.8, 4) is 0 Å². The lowest BCUT2D eigenvalue weighted by molar-refractivity contribution is -0.288. The van der Waals surface area contributed by atoms with E-state index in [1.165, 1.54) is 12.1 Å². The van der Waals surface area contributed by atoms with Crippen molar-refractivity contribution >= 4 is 0 Å². The predicted molar refractivity (Wildman–Crippen MR) is 117 cm³/mol. The minimum Gasteiger partial charge on any atom is -0.169 e. The van der Waals surface area contributed by atoms with Crippen molar-refractivity contribution in [2.45, 2.75) is 90.4 Å². The second-order valence-corrected chi connectivity index (χ2v) is 9.32. The van der Waals surface area contributed by atoms with Gasteiger partial charge in [-0.05, 0) is 57.6 Å². The molecule has 0 atom stereocenters. The molecule has 0 aromatic heterocycles. The summed E-state index contributed by atoms with van der Waals surface area (Å²) in [5, 5.41) is 0. The van der Waals surface area contributed by atoms with Crippen molar-refractivity contribution in [1.29, 1.82) is 0 Å². The summed E-state index contributed by atoms with van der Waals surface area (Å²) in [4.78, 5) is 0. The molecule has 6 heteroatoms. The quantitative estimate of drug-likeness (QED) is 0.379. The lowest BCUT2D eigenvalue weighted by Crippen LogP contribution is -2.55. The van der Waals surface area contributed by atoms with E-state index in [0.29, 0.717) is 17.5 Å². The van der Waals surface area contributed by atoms with E-state index >= 15 is 0 Å². The number of alkyl halides is 6. The third kappa shape index (κ3) is 4.42. The summed E-state index contributed by atoms with van der Waals surface area (Å²) < 4.78 is 87.8. The fraction of sp³-hybridized carbons (Fsp3) is 0.538. The zero-order valence-electron chi connectivity index (χ0n) is 19.7. The molecular formula is C26H32F6. The molecular weight excluding hydrogens is 426 g/mol. The van der Waals surface area contributed by atoms with Crippen LogP contribution in [0.1, 0.15) is 99.6 Å². The minimum atomic E-state index is -5.58. The van der Waals surface area contributed by atoms with Crippen molar-refractivity contribution in [3.63, 3.8) is 0 Å². The SMILES string of the molecule is CCc1ccc(C(c2ccc(C(C)C)c(C(C)C)c2)(C(F)(F)F)C(F)(F)F)cc1C(C)C. The maximum Gasteiger partial charge on any atom is 0.411 e. The highest BCUT2D eigenvalue weighted by Gasteiger charge is 2.72. The molecule has 0 heterocycles. The lowest BCUT2D eigenvalue weighted by Gasteiger charge is -2.39. The number of benzene rings is 2. The highest BCUT2D eigenvalue weighted by molar-refractivity contribution is 5.50. The number of hydrogen-bond donors (Lipinski definition) is 0. The molecule has 0 nitrogen and oxygen atoms in total. The number of aryl methyl sites for hydroxylation is 1. The number of rotatable bonds is 6. The Kier molecular flexibility index (Phi) is 7.48. The molecule has 2 aromatic carbocycles. The fourth-order valence-electron chi connectivity index (χ4n) is 4.50. The van der Waals surface area contributed by atoms with Crippen LogP contribution in [0, 0.1) is 0 Å². The van der Waals surface area contributed by atoms with E-state index < -0.39 is 28.9 Å². The van der Waals surface area contributed by atoms with Crippen LogP contribution in [-0.2, 0) is 11.8 Å². The van der Waals surface area contributed by atoms with Gasteiger partial charge < -0.3 is 0 Å². The van der Waals surface area contributed by atoms with Gasteiger partial charge in [-0.2, -0.15) is 26.3 Å². The van der Waals surface area contributed by atoms with Crippen LogP contribution in [0.4, 0.5) is 26.3 Å². The van der Waals surface area contributed by atoms with Crippen LogP contribution < -0.4 is 0 Å². The molecule has 0 fully saturated rings. The Bertz CT molecular complexity index is 918. The van der Waals surface area contributed by atoms with E-state index in [4.69, 9.17) is 0 Å². The molecule has 0 spiro atoms. The van der Waals surface area contributed by atoms with Crippen LogP contribution in [-0.4, -0.2) is 12.4 Å². The molecule has 0 amide bonds. The molecule has 0 N–H and O–H groups in total. The van der Waals surface area contributed by atoms with Gasteiger partial charge in [0.15, 0.2) is 0 Å². The Balaban J connectivity index is 3.02. The molecule has 0 unspecified atom stereocenters. The average Bonchev–Trinajstić information content (AvgIpc) is 2.65. The molecule has 0 aliphatic heterocycles. The standard InChI is InChI=1S/C26H32F6/c1-8-18-9-10-19(13-22(18)16(4)5)24(25(27,28)29,26(30,31)32)20-11-12-21(15(2)3)23(14-20)17(6)7/h9-17H,8H2,1-7H3. The van der Waals surface area contributed by atoms with E-state index in [-0.39, 0.29) is 17.8 Å². The Hall–Kier alpha value is -1.98. The van der Waals surface area contributed by atoms with Crippen LogP contribution in [0.25, 0.3) is 0 Å². The molecule has 0 radical (unpaired) electrons. The van der Waals surface area contributed by atoms with Gasteiger partial charge in [0, 0.05) is 0 Å². The largest absolute Gasteiger partial charge is 0.411 e. The first-order chi connectivity index (χ1) is 14.6. The Morgan fingerprint density at radius 2 is 1.00 bits per heavy atom. The number of halogens is 6. The van der Waals surface area contributed by atoms with Crippen molar-refractivity contribution in [1.82, 2.24) is 0 Å². The van der Waals surface area contributed by atoms with Crippen LogP contribution in [0.3, 0.4) is 0 Å². The van der Waals surface area contributed by atoms with Gasteiger partial charge in [-0.1, -0.05) is 84.9 Å². The summed E-state index contributed by atoms with van der Waals surface area (Å²) in [7, 11) is 0. The third-order valence-electron chi connectivity index (χ3n) is 6.20. The molecule has 0 saturated carbocycles. The van der Waals surface area contributed by atoms with Crippen molar-refractivity contribution < 1.29 is 26.3 Å². The maximum absolute atomic E-state index is 14.6. The Morgan fingerprint density at radius 3 is 1.38 bits per heavy atom. The second kappa shape index (κ2) is 9.11. The molecule has 0 aliphatic carbocycles. The van der Waals surface area contributed by atoms with Gasteiger partial charge in [0.05, 0.1) is 0 Å². The molecule has 2 aromatic rings.